The van der Waals surface area contributed by atoms with E-state index >= 15 is 0 Å². The van der Waals surface area contributed by atoms with Crippen molar-refractivity contribution in [2.45, 2.75) is 19.8 Å². The first-order valence-corrected chi connectivity index (χ1v) is 10.5. The summed E-state index contributed by atoms with van der Waals surface area (Å²) in [5.41, 5.74) is 2.48. The van der Waals surface area contributed by atoms with Crippen molar-refractivity contribution in [2.24, 2.45) is 0 Å². The zero-order chi connectivity index (χ0) is 23.1. The molecule has 0 atom stereocenters. The highest BCUT2D eigenvalue weighted by Gasteiger charge is 2.22. The van der Waals surface area contributed by atoms with Gasteiger partial charge < -0.3 is 15.0 Å². The molecule has 1 fully saturated rings. The Bertz CT molecular complexity index is 969. The monoisotopic (exact) mass is 440 g/mol. The number of aryl methyl sites for hydroxylation is 1. The Hall–Kier alpha value is -3.46. The summed E-state index contributed by atoms with van der Waals surface area (Å²) in [6.07, 6.45) is 0.678. The second-order valence-electron chi connectivity index (χ2n) is 7.82. The number of ether oxygens (including phenoxy) is 1. The Morgan fingerprint density at radius 1 is 1.09 bits per heavy atom. The van der Waals surface area contributed by atoms with E-state index in [0.29, 0.717) is 44.8 Å². The maximum Gasteiger partial charge on any atom is 0.273 e. The average molecular weight is 441 g/mol. The highest BCUT2D eigenvalue weighted by atomic mass is 16.6. The largest absolute Gasteiger partial charge is 0.494 e. The summed E-state index contributed by atoms with van der Waals surface area (Å²) in [7, 11) is 1.40. The summed E-state index contributed by atoms with van der Waals surface area (Å²) in [5, 5.41) is 13.6. The predicted octanol–water partition coefficient (Wildman–Crippen LogP) is 2.63. The Kier molecular flexibility index (Phi) is 7.77. The smallest absolute Gasteiger partial charge is 0.273 e. The number of benzene rings is 2. The number of nitrogens with one attached hydrogen (secondary N) is 1. The minimum absolute atomic E-state index is 0.102. The van der Waals surface area contributed by atoms with E-state index in [1.165, 1.54) is 30.9 Å². The van der Waals surface area contributed by atoms with Crippen molar-refractivity contribution in [3.8, 4) is 5.75 Å². The van der Waals surface area contributed by atoms with E-state index in [1.54, 1.807) is 0 Å². The maximum atomic E-state index is 12.5. The third kappa shape index (κ3) is 6.27. The van der Waals surface area contributed by atoms with E-state index < -0.39 is 4.92 Å². The van der Waals surface area contributed by atoms with Gasteiger partial charge in [0.25, 0.3) is 5.69 Å². The number of nitro groups is 1. The lowest BCUT2D eigenvalue weighted by Gasteiger charge is -2.34. The number of piperazine rings is 1. The third-order valence-corrected chi connectivity index (χ3v) is 5.53. The number of hydrogen-bond acceptors (Lipinski definition) is 6. The molecule has 2 amide bonds. The average Bonchev–Trinajstić information content (AvgIpc) is 2.79. The van der Waals surface area contributed by atoms with Gasteiger partial charge in [-0.05, 0) is 18.6 Å². The summed E-state index contributed by atoms with van der Waals surface area (Å²) in [6, 6.07) is 12.1. The summed E-state index contributed by atoms with van der Waals surface area (Å²) >= 11 is 0. The number of nitro benzene ring substituents is 1. The van der Waals surface area contributed by atoms with Crippen LogP contribution >= 0.6 is 0 Å². The van der Waals surface area contributed by atoms with Crippen molar-refractivity contribution in [3.05, 3.63) is 63.7 Å². The van der Waals surface area contributed by atoms with Crippen molar-refractivity contribution < 1.29 is 19.2 Å². The first-order chi connectivity index (χ1) is 15.4. The van der Waals surface area contributed by atoms with Gasteiger partial charge in [-0.1, -0.05) is 29.8 Å². The van der Waals surface area contributed by atoms with E-state index in [9.17, 15) is 19.7 Å². The number of amides is 2. The van der Waals surface area contributed by atoms with E-state index in [2.05, 4.69) is 10.2 Å². The lowest BCUT2D eigenvalue weighted by Crippen LogP contribution is -2.49. The Labute approximate surface area is 187 Å². The topological polar surface area (TPSA) is 105 Å². The first-order valence-electron chi connectivity index (χ1n) is 10.5. The number of methoxy groups -OCH3 is 1. The van der Waals surface area contributed by atoms with Crippen LogP contribution < -0.4 is 10.1 Å². The fourth-order valence-electron chi connectivity index (χ4n) is 3.58. The van der Waals surface area contributed by atoms with E-state index in [1.807, 2.05) is 36.1 Å². The van der Waals surface area contributed by atoms with Crippen LogP contribution in [0.3, 0.4) is 0 Å². The molecule has 0 radical (unpaired) electrons. The fraction of sp³-hybridized carbons (Fsp3) is 0.391. The van der Waals surface area contributed by atoms with Gasteiger partial charge in [-0.25, -0.2) is 0 Å². The van der Waals surface area contributed by atoms with Gasteiger partial charge in [0.1, 0.15) is 5.75 Å². The number of hydrogen-bond donors (Lipinski definition) is 1. The van der Waals surface area contributed by atoms with Gasteiger partial charge in [-0.3, -0.25) is 24.6 Å². The van der Waals surface area contributed by atoms with Crippen LogP contribution in [-0.2, 0) is 16.0 Å². The number of carbonyl (C=O) groups is 2. The Morgan fingerprint density at radius 3 is 2.41 bits per heavy atom. The molecule has 170 valence electrons. The lowest BCUT2D eigenvalue weighted by molar-refractivity contribution is -0.384. The molecule has 0 saturated carbocycles. The first kappa shape index (κ1) is 23.2. The molecular formula is C23H28N4O5. The van der Waals surface area contributed by atoms with Crippen LogP contribution in [0.2, 0.25) is 0 Å². The molecule has 1 aliphatic rings. The Morgan fingerprint density at radius 2 is 1.78 bits per heavy atom. The van der Waals surface area contributed by atoms with Crippen LogP contribution in [0.1, 0.15) is 17.5 Å². The van der Waals surface area contributed by atoms with Crippen LogP contribution in [0, 0.1) is 17.0 Å². The SMILES string of the molecule is COc1cc([N+](=O)[O-])ccc1NC(=O)CCN1CCN(C(=O)Cc2ccc(C)cc2)CC1. The molecule has 1 aliphatic heterocycles. The molecular weight excluding hydrogens is 412 g/mol. The number of non-ortho nitro benzene ring substituents is 1. The zero-order valence-corrected chi connectivity index (χ0v) is 18.4. The van der Waals surface area contributed by atoms with Gasteiger partial charge in [0, 0.05) is 45.2 Å². The van der Waals surface area contributed by atoms with E-state index in [4.69, 9.17) is 4.74 Å². The summed E-state index contributed by atoms with van der Waals surface area (Å²) in [5.74, 6) is 0.166. The quantitative estimate of drug-likeness (QED) is 0.500. The van der Waals surface area contributed by atoms with Gasteiger partial charge in [-0.2, -0.15) is 0 Å². The molecule has 2 aromatic rings. The van der Waals surface area contributed by atoms with Crippen LogP contribution in [0.4, 0.5) is 11.4 Å². The second kappa shape index (κ2) is 10.7. The summed E-state index contributed by atoms with van der Waals surface area (Å²) in [6.45, 7) is 5.31. The lowest BCUT2D eigenvalue weighted by atomic mass is 10.1. The van der Waals surface area contributed by atoms with Crippen molar-refractivity contribution >= 4 is 23.2 Å². The molecule has 1 N–H and O–H groups in total. The van der Waals surface area contributed by atoms with Crippen LogP contribution in [0.5, 0.6) is 5.75 Å². The zero-order valence-electron chi connectivity index (χ0n) is 18.4. The van der Waals surface area contributed by atoms with E-state index in [-0.39, 0.29) is 29.7 Å². The molecule has 1 saturated heterocycles. The molecule has 9 heteroatoms. The van der Waals surface area contributed by atoms with E-state index in [0.717, 1.165) is 5.56 Å². The van der Waals surface area contributed by atoms with Crippen LogP contribution in [0.15, 0.2) is 42.5 Å². The second-order valence-corrected chi connectivity index (χ2v) is 7.82. The molecule has 32 heavy (non-hydrogen) atoms. The van der Waals surface area contributed by atoms with Gasteiger partial charge >= 0.3 is 0 Å². The van der Waals surface area contributed by atoms with Gasteiger partial charge in [0.2, 0.25) is 11.8 Å². The minimum Gasteiger partial charge on any atom is -0.494 e. The molecule has 3 rings (SSSR count). The maximum absolute atomic E-state index is 12.5. The van der Waals surface area contributed by atoms with Crippen molar-refractivity contribution in [1.29, 1.82) is 0 Å². The fourth-order valence-corrected chi connectivity index (χ4v) is 3.58. The van der Waals surface area contributed by atoms with Crippen molar-refractivity contribution in [2.75, 3.05) is 45.2 Å². The van der Waals surface area contributed by atoms with Gasteiger partial charge in [0.15, 0.2) is 0 Å². The Balaban J connectivity index is 1.42. The van der Waals surface area contributed by atoms with Gasteiger partial charge in [0.05, 0.1) is 30.2 Å². The van der Waals surface area contributed by atoms with Gasteiger partial charge in [-0.15, -0.1) is 0 Å². The predicted molar refractivity (Wildman–Crippen MR) is 121 cm³/mol. The molecule has 0 unspecified atom stereocenters. The minimum atomic E-state index is -0.515. The van der Waals surface area contributed by atoms with Crippen molar-refractivity contribution in [3.63, 3.8) is 0 Å². The molecule has 2 aromatic carbocycles. The molecule has 0 aliphatic carbocycles. The molecule has 0 aromatic heterocycles. The van der Waals surface area contributed by atoms with Crippen LogP contribution in [-0.4, -0.2) is 66.4 Å². The molecule has 0 bridgehead atoms. The van der Waals surface area contributed by atoms with Crippen LogP contribution in [0.25, 0.3) is 0 Å². The number of carbonyl (C=O) groups excluding carboxylic acids is 2. The third-order valence-electron chi connectivity index (χ3n) is 5.53. The number of rotatable bonds is 8. The molecule has 1 heterocycles. The van der Waals surface area contributed by atoms with Crippen molar-refractivity contribution in [1.82, 2.24) is 9.80 Å². The molecule has 0 spiro atoms. The molecule has 9 nitrogen and oxygen atoms in total. The number of anilines is 1. The summed E-state index contributed by atoms with van der Waals surface area (Å²) < 4.78 is 5.15. The highest BCUT2D eigenvalue weighted by molar-refractivity contribution is 5.92. The number of nitrogens with zero attached hydrogens (tertiary/aromatic N) is 3. The summed E-state index contributed by atoms with van der Waals surface area (Å²) in [4.78, 5) is 39.3. The highest BCUT2D eigenvalue weighted by Crippen LogP contribution is 2.29. The standard InChI is InChI=1S/C23H28N4O5/c1-17-3-5-18(6-4-17)15-23(29)26-13-11-25(12-14-26)10-9-22(28)24-20-8-7-19(27(30)31)16-21(20)32-2/h3-8,16H,9-15H2,1-2H3,(H,24,28). The normalized spacial score (nSPS) is 14.1.